The smallest absolute Gasteiger partial charge is 0.272 e. The van der Waals surface area contributed by atoms with E-state index in [1.54, 1.807) is 31.4 Å². The average molecular weight is 428 g/mol. The number of amides is 2. The summed E-state index contributed by atoms with van der Waals surface area (Å²) < 4.78 is 31.9. The Morgan fingerprint density at radius 2 is 1.90 bits per heavy atom. The summed E-state index contributed by atoms with van der Waals surface area (Å²) in [5.74, 6) is -1.43. The van der Waals surface area contributed by atoms with Crippen LogP contribution in [0.4, 0.5) is 14.5 Å². The van der Waals surface area contributed by atoms with E-state index in [2.05, 4.69) is 15.6 Å². The lowest BCUT2D eigenvalue weighted by Gasteiger charge is -2.36. The summed E-state index contributed by atoms with van der Waals surface area (Å²) >= 11 is 0. The first kappa shape index (κ1) is 20.9. The van der Waals surface area contributed by atoms with Gasteiger partial charge in [-0.1, -0.05) is 0 Å². The largest absolute Gasteiger partial charge is 0.497 e. The number of anilines is 1. The zero-order valence-electron chi connectivity index (χ0n) is 17.0. The van der Waals surface area contributed by atoms with Gasteiger partial charge < -0.3 is 15.4 Å². The number of nitrogens with zero attached hydrogens (tertiary/aromatic N) is 2. The number of benzene rings is 2. The number of ether oxygens (including phenoxy) is 1. The highest BCUT2D eigenvalue weighted by molar-refractivity contribution is 6.46. The molecule has 0 aliphatic carbocycles. The Balaban J connectivity index is 1.36. The van der Waals surface area contributed by atoms with Gasteiger partial charge in [0.2, 0.25) is 5.91 Å². The zero-order chi connectivity index (χ0) is 22.0. The highest BCUT2D eigenvalue weighted by Crippen LogP contribution is 2.29. The molecule has 0 bridgehead atoms. The van der Waals surface area contributed by atoms with Gasteiger partial charge in [-0.25, -0.2) is 8.78 Å². The van der Waals surface area contributed by atoms with Crippen LogP contribution in [-0.2, 0) is 9.59 Å². The fraction of sp³-hybridized carbons (Fsp3) is 0.318. The molecule has 0 atom stereocenters. The number of nitrogens with one attached hydrogen (secondary N) is 2. The van der Waals surface area contributed by atoms with Crippen molar-refractivity contribution in [2.75, 3.05) is 32.1 Å². The molecule has 2 aromatic rings. The maximum atomic E-state index is 13.7. The monoisotopic (exact) mass is 428 g/mol. The number of hydrogen-bond acceptors (Lipinski definition) is 5. The molecular weight excluding hydrogens is 406 g/mol. The Morgan fingerprint density at radius 3 is 2.55 bits per heavy atom. The number of rotatable bonds is 5. The fourth-order valence-corrected chi connectivity index (χ4v) is 3.81. The normalized spacial score (nSPS) is 17.9. The number of carbonyl (C=O) groups excluding carboxylic acids is 2. The standard InChI is InChI=1S/C22H22F2N4O3/c1-31-16-5-2-14(3-6-16)20-21(30)27-22(26-20)8-10-28(11-9-22)13-19(29)25-18-7-4-15(23)12-17(18)24/h2-7,12H,8-11,13H2,1H3,(H,25,29)(H,27,30). The summed E-state index contributed by atoms with van der Waals surface area (Å²) in [6.07, 6.45) is 1.10. The lowest BCUT2D eigenvalue weighted by Crippen LogP contribution is -2.52. The van der Waals surface area contributed by atoms with E-state index in [-0.39, 0.29) is 24.0 Å². The van der Waals surface area contributed by atoms with Gasteiger partial charge in [0, 0.05) is 37.6 Å². The zero-order valence-corrected chi connectivity index (χ0v) is 17.0. The maximum Gasteiger partial charge on any atom is 0.272 e. The first-order valence-corrected chi connectivity index (χ1v) is 9.91. The number of halogens is 2. The highest BCUT2D eigenvalue weighted by Gasteiger charge is 2.42. The molecule has 2 N–H and O–H groups in total. The molecule has 4 rings (SSSR count). The van der Waals surface area contributed by atoms with E-state index in [1.165, 1.54) is 6.07 Å². The molecule has 9 heteroatoms. The fourth-order valence-electron chi connectivity index (χ4n) is 3.81. The van der Waals surface area contributed by atoms with Crippen LogP contribution in [0.3, 0.4) is 0 Å². The summed E-state index contributed by atoms with van der Waals surface area (Å²) in [7, 11) is 1.58. The Bertz CT molecular complexity index is 1030. The highest BCUT2D eigenvalue weighted by atomic mass is 19.1. The van der Waals surface area contributed by atoms with Crippen LogP contribution >= 0.6 is 0 Å². The first-order valence-electron chi connectivity index (χ1n) is 9.91. The quantitative estimate of drug-likeness (QED) is 0.766. The molecular formula is C22H22F2N4O3. The third kappa shape index (κ3) is 4.56. The van der Waals surface area contributed by atoms with Gasteiger partial charge in [0.1, 0.15) is 28.8 Å². The van der Waals surface area contributed by atoms with E-state index in [0.29, 0.717) is 37.4 Å². The molecule has 2 heterocycles. The molecule has 2 aromatic carbocycles. The van der Waals surface area contributed by atoms with E-state index >= 15 is 0 Å². The second-order valence-corrected chi connectivity index (χ2v) is 7.62. The van der Waals surface area contributed by atoms with Crippen molar-refractivity contribution in [3.05, 3.63) is 59.7 Å². The minimum absolute atomic E-state index is 0.0586. The molecule has 0 radical (unpaired) electrons. The van der Waals surface area contributed by atoms with Gasteiger partial charge in [-0.05, 0) is 36.4 Å². The molecule has 162 valence electrons. The summed E-state index contributed by atoms with van der Waals surface area (Å²) in [5.41, 5.74) is 0.373. The molecule has 2 aliphatic rings. The van der Waals surface area contributed by atoms with Gasteiger partial charge in [-0.2, -0.15) is 0 Å². The van der Waals surface area contributed by atoms with Gasteiger partial charge in [0.25, 0.3) is 5.91 Å². The number of carbonyl (C=O) groups is 2. The number of aliphatic imine (C=N–C) groups is 1. The summed E-state index contributed by atoms with van der Waals surface area (Å²) in [5, 5.41) is 5.45. The van der Waals surface area contributed by atoms with Crippen LogP contribution in [0.25, 0.3) is 0 Å². The van der Waals surface area contributed by atoms with Crippen LogP contribution in [0.1, 0.15) is 18.4 Å². The van der Waals surface area contributed by atoms with Crippen molar-refractivity contribution < 1.29 is 23.1 Å². The van der Waals surface area contributed by atoms with E-state index in [1.807, 2.05) is 4.90 Å². The second kappa shape index (κ2) is 8.43. The molecule has 2 amide bonds. The average Bonchev–Trinajstić information content (AvgIpc) is 3.08. The van der Waals surface area contributed by atoms with Crippen LogP contribution in [0.5, 0.6) is 5.75 Å². The molecule has 0 aromatic heterocycles. The van der Waals surface area contributed by atoms with Crippen molar-refractivity contribution in [3.63, 3.8) is 0 Å². The Kier molecular flexibility index (Phi) is 5.69. The molecule has 1 saturated heterocycles. The second-order valence-electron chi connectivity index (χ2n) is 7.62. The maximum absolute atomic E-state index is 13.7. The Hall–Kier alpha value is -3.33. The molecule has 31 heavy (non-hydrogen) atoms. The first-order chi connectivity index (χ1) is 14.9. The van der Waals surface area contributed by atoms with Crippen LogP contribution < -0.4 is 15.4 Å². The minimum Gasteiger partial charge on any atom is -0.497 e. The summed E-state index contributed by atoms with van der Waals surface area (Å²) in [6.45, 7) is 1.15. The Labute approximate surface area is 178 Å². The lowest BCUT2D eigenvalue weighted by molar-refractivity contribution is -0.119. The van der Waals surface area contributed by atoms with E-state index in [9.17, 15) is 18.4 Å². The number of methoxy groups -OCH3 is 1. The van der Waals surface area contributed by atoms with E-state index in [0.717, 1.165) is 17.7 Å². The van der Waals surface area contributed by atoms with Gasteiger partial charge in [0.05, 0.1) is 19.3 Å². The van der Waals surface area contributed by atoms with Gasteiger partial charge in [-0.15, -0.1) is 0 Å². The van der Waals surface area contributed by atoms with Gasteiger partial charge in [0.15, 0.2) is 0 Å². The van der Waals surface area contributed by atoms with E-state index < -0.39 is 17.3 Å². The number of likely N-dealkylation sites (tertiary alicyclic amines) is 1. The third-order valence-electron chi connectivity index (χ3n) is 5.51. The molecule has 7 nitrogen and oxygen atoms in total. The molecule has 2 aliphatic heterocycles. The van der Waals surface area contributed by atoms with E-state index in [4.69, 9.17) is 4.74 Å². The molecule has 0 saturated carbocycles. The third-order valence-corrected chi connectivity index (χ3v) is 5.51. The van der Waals surface area contributed by atoms with Gasteiger partial charge in [-0.3, -0.25) is 19.5 Å². The SMILES string of the molecule is COc1ccc(C2=NC3(CCN(CC(=O)Nc4ccc(F)cc4F)CC3)NC2=O)cc1. The van der Waals surface area contributed by atoms with Crippen molar-refractivity contribution in [2.45, 2.75) is 18.5 Å². The number of piperidine rings is 1. The van der Waals surface area contributed by atoms with Gasteiger partial charge >= 0.3 is 0 Å². The van der Waals surface area contributed by atoms with Crippen molar-refractivity contribution >= 4 is 23.2 Å². The van der Waals surface area contributed by atoms with Crippen LogP contribution in [0.15, 0.2) is 47.5 Å². The van der Waals surface area contributed by atoms with Crippen LogP contribution in [0.2, 0.25) is 0 Å². The lowest BCUT2D eigenvalue weighted by atomic mass is 9.98. The van der Waals surface area contributed by atoms with Crippen molar-refractivity contribution in [3.8, 4) is 5.75 Å². The minimum atomic E-state index is -0.819. The predicted molar refractivity (Wildman–Crippen MR) is 111 cm³/mol. The Morgan fingerprint density at radius 1 is 1.19 bits per heavy atom. The molecule has 1 fully saturated rings. The topological polar surface area (TPSA) is 83.0 Å². The summed E-state index contributed by atoms with van der Waals surface area (Å²) in [4.78, 5) is 31.4. The molecule has 0 unspecified atom stereocenters. The predicted octanol–water partition coefficient (Wildman–Crippen LogP) is 2.32. The molecule has 1 spiro atoms. The van der Waals surface area contributed by atoms with Crippen LogP contribution in [-0.4, -0.2) is 54.8 Å². The van der Waals surface area contributed by atoms with Crippen LogP contribution in [0, 0.1) is 11.6 Å². The van der Waals surface area contributed by atoms with Crippen molar-refractivity contribution in [1.82, 2.24) is 10.2 Å². The number of hydrogen-bond donors (Lipinski definition) is 2. The van der Waals surface area contributed by atoms with Crippen molar-refractivity contribution in [1.29, 1.82) is 0 Å². The van der Waals surface area contributed by atoms with Crippen molar-refractivity contribution in [2.24, 2.45) is 4.99 Å². The summed E-state index contributed by atoms with van der Waals surface area (Å²) in [6, 6.07) is 10.2.